The number of para-hydroxylation sites is 1. The molecule has 5 aromatic carbocycles. The summed E-state index contributed by atoms with van der Waals surface area (Å²) in [5.74, 6) is 0. The molecule has 316 valence electrons. The second-order valence-electron chi connectivity index (χ2n) is 15.4. The van der Waals surface area contributed by atoms with Crippen molar-refractivity contribution in [1.29, 1.82) is 0 Å². The number of halogens is 1. The molecule has 0 aliphatic heterocycles. The van der Waals surface area contributed by atoms with Gasteiger partial charge in [0.2, 0.25) is 0 Å². The lowest BCUT2D eigenvalue weighted by Crippen LogP contribution is -2.08. The Kier molecular flexibility index (Phi) is 14.6. The van der Waals surface area contributed by atoms with E-state index in [2.05, 4.69) is 179 Å². The molecule has 4 aliphatic rings. The molecule has 4 aliphatic carbocycles. The summed E-state index contributed by atoms with van der Waals surface area (Å²) in [6, 6.07) is 36.4. The highest BCUT2D eigenvalue weighted by Gasteiger charge is 2.29. The molecule has 0 bridgehead atoms. The van der Waals surface area contributed by atoms with Gasteiger partial charge in [0.1, 0.15) is 0 Å². The number of aromatic nitrogens is 2. The second-order valence-corrected chi connectivity index (χ2v) is 16.3. The molecule has 2 aromatic heterocycles. The lowest BCUT2D eigenvalue weighted by atomic mass is 9.89. The Morgan fingerprint density at radius 2 is 1.34 bits per heavy atom. The van der Waals surface area contributed by atoms with Gasteiger partial charge >= 0.3 is 0 Å². The molecule has 0 N–H and O–H groups in total. The van der Waals surface area contributed by atoms with Crippen LogP contribution in [-0.2, 0) is 19.3 Å². The summed E-state index contributed by atoms with van der Waals surface area (Å²) in [4.78, 5) is 0. The van der Waals surface area contributed by atoms with E-state index < -0.39 is 0 Å². The van der Waals surface area contributed by atoms with E-state index in [1.54, 1.807) is 6.26 Å². The van der Waals surface area contributed by atoms with Crippen molar-refractivity contribution in [2.45, 2.75) is 86.5 Å². The lowest BCUT2D eigenvalue weighted by Gasteiger charge is -2.20. The molecule has 2 heterocycles. The van der Waals surface area contributed by atoms with Crippen LogP contribution in [0.5, 0.6) is 0 Å². The van der Waals surface area contributed by atoms with Crippen molar-refractivity contribution in [1.82, 2.24) is 9.13 Å². The first-order valence-electron chi connectivity index (χ1n) is 22.7. The fourth-order valence-electron chi connectivity index (χ4n) is 9.65. The zero-order valence-corrected chi connectivity index (χ0v) is 40.1. The number of nitrogens with zero attached hydrogens (tertiary/aromatic N) is 2. The molecular weight excluding hydrogens is 837 g/mol. The molecule has 4 heteroatoms. The van der Waals surface area contributed by atoms with Gasteiger partial charge < -0.3 is 9.13 Å². The maximum Gasteiger partial charge on any atom is 0.0538 e. The van der Waals surface area contributed by atoms with Crippen molar-refractivity contribution in [2.24, 2.45) is 0 Å². The molecular formula is C58H61BrN2S. The van der Waals surface area contributed by atoms with Gasteiger partial charge in [0.25, 0.3) is 0 Å². The van der Waals surface area contributed by atoms with Gasteiger partial charge in [0, 0.05) is 54.7 Å². The van der Waals surface area contributed by atoms with Gasteiger partial charge in [-0.3, -0.25) is 0 Å². The first-order chi connectivity index (χ1) is 30.5. The fraction of sp³-hybridized carbons (Fsp3) is 0.241. The first kappa shape index (κ1) is 44.8. The third-order valence-corrected chi connectivity index (χ3v) is 12.7. The van der Waals surface area contributed by atoms with Crippen LogP contribution in [0.4, 0.5) is 0 Å². The van der Waals surface area contributed by atoms with Crippen LogP contribution in [0.25, 0.3) is 79.1 Å². The largest absolute Gasteiger partial charge is 0.316 e. The summed E-state index contributed by atoms with van der Waals surface area (Å²) in [5.41, 5.74) is 21.8. The van der Waals surface area contributed by atoms with Crippen LogP contribution in [0.2, 0.25) is 0 Å². The number of hydrogen-bond acceptors (Lipinski definition) is 1. The lowest BCUT2D eigenvalue weighted by molar-refractivity contribution is 0.820. The molecule has 11 rings (SSSR count). The average Bonchev–Trinajstić information content (AvgIpc) is 3.97. The Balaban J connectivity index is 0.000000399. The highest BCUT2D eigenvalue weighted by Crippen LogP contribution is 2.50. The molecule has 0 radical (unpaired) electrons. The van der Waals surface area contributed by atoms with Gasteiger partial charge in [-0.05, 0) is 145 Å². The molecule has 0 atom stereocenters. The predicted octanol–water partition coefficient (Wildman–Crippen LogP) is 17.5. The van der Waals surface area contributed by atoms with E-state index in [1.807, 2.05) is 46.8 Å². The second kappa shape index (κ2) is 20.3. The van der Waals surface area contributed by atoms with Crippen molar-refractivity contribution in [3.63, 3.8) is 0 Å². The summed E-state index contributed by atoms with van der Waals surface area (Å²) in [5, 5.41) is 4.09. The Bertz CT molecular complexity index is 2880. The van der Waals surface area contributed by atoms with Crippen molar-refractivity contribution < 1.29 is 0 Å². The number of allylic oxidation sites excluding steroid dienone is 6. The van der Waals surface area contributed by atoms with Crippen molar-refractivity contribution >= 4 is 74.0 Å². The number of rotatable bonds is 5. The molecule has 2 nitrogen and oxygen atoms in total. The summed E-state index contributed by atoms with van der Waals surface area (Å²) in [6.07, 6.45) is 25.1. The summed E-state index contributed by atoms with van der Waals surface area (Å²) in [7, 11) is 0. The van der Waals surface area contributed by atoms with Crippen molar-refractivity contribution in [2.75, 3.05) is 6.26 Å². The normalized spacial score (nSPS) is 13.5. The minimum atomic E-state index is 1.03. The van der Waals surface area contributed by atoms with E-state index in [4.69, 9.17) is 0 Å². The minimum absolute atomic E-state index is 1.03. The molecule has 0 fully saturated rings. The SMILES string of the molecule is Brc1ccc2c(c1)-c1cccc3c(-n4c5c(c6c4CCC(c4ccc7c(c4)c4c(n7-c7ccccc7)CCC=C4)=C6)C=CCC5)ccc-2c13.C=C(/C=C\C)CC.CC.CC.CS. The van der Waals surface area contributed by atoms with E-state index in [0.29, 0.717) is 0 Å². The van der Waals surface area contributed by atoms with Crippen molar-refractivity contribution in [3.8, 4) is 33.6 Å². The molecule has 0 amide bonds. The number of fused-ring (bicyclic) bond motifs is 9. The number of thiol groups is 1. The molecule has 7 aromatic rings. The van der Waals surface area contributed by atoms with E-state index in [1.165, 1.54) is 106 Å². The zero-order valence-electron chi connectivity index (χ0n) is 37.7. The highest BCUT2D eigenvalue weighted by molar-refractivity contribution is 9.10. The standard InChI is InChI=1S/C46H33BrN2.C7H12.2C2H6.CH4S/c47-30-19-20-32-36-21-24-43(37-14-8-13-35(46(36)37)38(32)27-30)49-42-16-7-5-12-34(42)40-26-29(18-23-45(40)49)28-17-22-44-39(25-28)33-11-4-6-15-41(33)48(44)31-9-2-1-3-10-31;1-4-6-7(3)5-2;3*1-2/h1-5,8-14,17,19-22,24-27H,6-7,15-16,18,23H2;4,6H,3,5H2,1-2H3;2*1-2H3;2H,1H3/b;6-4-;;;. The van der Waals surface area contributed by atoms with E-state index in [9.17, 15) is 0 Å². The summed E-state index contributed by atoms with van der Waals surface area (Å²) in [6.45, 7) is 15.9. The highest BCUT2D eigenvalue weighted by atomic mass is 79.9. The average molecular weight is 898 g/mol. The van der Waals surface area contributed by atoms with Gasteiger partial charge in [-0.2, -0.15) is 12.6 Å². The van der Waals surface area contributed by atoms with Crippen LogP contribution < -0.4 is 0 Å². The maximum atomic E-state index is 3.78. The molecule has 0 spiro atoms. The number of benzene rings is 5. The molecule has 62 heavy (non-hydrogen) atoms. The van der Waals surface area contributed by atoms with E-state index >= 15 is 0 Å². The van der Waals surface area contributed by atoms with Crippen LogP contribution in [0.15, 0.2) is 138 Å². The molecule has 0 unspecified atom stereocenters. The van der Waals surface area contributed by atoms with Gasteiger partial charge in [-0.15, -0.1) is 0 Å². The molecule has 0 saturated heterocycles. The van der Waals surface area contributed by atoms with Gasteiger partial charge in [-0.25, -0.2) is 0 Å². The van der Waals surface area contributed by atoms with Gasteiger partial charge in [0.05, 0.1) is 11.2 Å². The van der Waals surface area contributed by atoms with Crippen LogP contribution in [-0.4, -0.2) is 15.4 Å². The van der Waals surface area contributed by atoms with Crippen LogP contribution >= 0.6 is 28.6 Å². The Morgan fingerprint density at radius 1 is 0.661 bits per heavy atom. The van der Waals surface area contributed by atoms with Crippen LogP contribution in [0.3, 0.4) is 0 Å². The first-order valence-corrected chi connectivity index (χ1v) is 24.4. The Hall–Kier alpha value is -5.29. The predicted molar refractivity (Wildman–Crippen MR) is 281 cm³/mol. The third kappa shape index (κ3) is 8.09. The third-order valence-electron chi connectivity index (χ3n) is 12.2. The van der Waals surface area contributed by atoms with Crippen LogP contribution in [0.1, 0.15) is 107 Å². The maximum absolute atomic E-state index is 3.78. The topological polar surface area (TPSA) is 9.86 Å². The Labute approximate surface area is 384 Å². The van der Waals surface area contributed by atoms with Crippen LogP contribution in [0, 0.1) is 0 Å². The van der Waals surface area contributed by atoms with Crippen molar-refractivity contribution in [3.05, 3.63) is 177 Å². The zero-order chi connectivity index (χ0) is 43.9. The summed E-state index contributed by atoms with van der Waals surface area (Å²) < 4.78 is 6.26. The summed E-state index contributed by atoms with van der Waals surface area (Å²) >= 11 is 7.25. The smallest absolute Gasteiger partial charge is 0.0538 e. The Morgan fingerprint density at radius 3 is 2.05 bits per heavy atom. The fourth-order valence-corrected chi connectivity index (χ4v) is 10.0. The number of hydrogen-bond donors (Lipinski definition) is 1. The van der Waals surface area contributed by atoms with Gasteiger partial charge in [-0.1, -0.05) is 154 Å². The van der Waals surface area contributed by atoms with E-state index in [-0.39, 0.29) is 0 Å². The van der Waals surface area contributed by atoms with Gasteiger partial charge in [0.15, 0.2) is 0 Å². The quantitative estimate of drug-likeness (QED) is 0.130. The molecule has 0 saturated carbocycles. The minimum Gasteiger partial charge on any atom is -0.316 e. The van der Waals surface area contributed by atoms with E-state index in [0.717, 1.165) is 49.4 Å². The monoisotopic (exact) mass is 896 g/mol.